The van der Waals surface area contributed by atoms with Crippen molar-refractivity contribution in [3.8, 4) is 0 Å². The molecule has 1 nitrogen and oxygen atoms in total. The van der Waals surface area contributed by atoms with E-state index in [1.54, 1.807) is 0 Å². The summed E-state index contributed by atoms with van der Waals surface area (Å²) in [7, 11) is 0. The Bertz CT molecular complexity index is 241. The zero-order chi connectivity index (χ0) is 10.3. The average Bonchev–Trinajstić information content (AvgIpc) is 2.13. The Kier molecular flexibility index (Phi) is 7.29. The molecule has 0 fully saturated rings. The number of hydrogen-bond acceptors (Lipinski definition) is 1. The molecule has 0 spiro atoms. The van der Waals surface area contributed by atoms with Crippen LogP contribution in [0.1, 0.15) is 27.2 Å². The van der Waals surface area contributed by atoms with Crippen LogP contribution in [0.4, 0.5) is 0 Å². The Labute approximate surface area is 93.7 Å². The van der Waals surface area contributed by atoms with Crippen molar-refractivity contribution in [2.75, 3.05) is 5.33 Å². The molecule has 0 aliphatic rings. The van der Waals surface area contributed by atoms with E-state index >= 15 is 0 Å². The Morgan fingerprint density at radius 2 is 2.00 bits per heavy atom. The number of nitrogens with zero attached hydrogens (tertiary/aromatic N) is 1. The number of hydrogen-bond donors (Lipinski definition) is 0. The third-order valence-corrected chi connectivity index (χ3v) is 2.58. The molecular formula is C10H15BrClN. The number of aliphatic imine (C=N–C) groups is 1. The van der Waals surface area contributed by atoms with Crippen LogP contribution in [0, 0.1) is 0 Å². The van der Waals surface area contributed by atoms with Gasteiger partial charge in [-0.3, -0.25) is 0 Å². The van der Waals surface area contributed by atoms with Crippen molar-refractivity contribution in [1.29, 1.82) is 0 Å². The maximum Gasteiger partial charge on any atom is 0.128 e. The third kappa shape index (κ3) is 7.03. The van der Waals surface area contributed by atoms with Gasteiger partial charge in [0.05, 0.1) is 0 Å². The molecule has 0 heterocycles. The van der Waals surface area contributed by atoms with Crippen molar-refractivity contribution in [3.63, 3.8) is 0 Å². The molecule has 0 rings (SSSR count). The molecule has 0 aromatic heterocycles. The average molecular weight is 265 g/mol. The van der Waals surface area contributed by atoms with Crippen LogP contribution in [0.15, 0.2) is 27.9 Å². The van der Waals surface area contributed by atoms with Gasteiger partial charge in [0.1, 0.15) is 5.16 Å². The lowest BCUT2D eigenvalue weighted by atomic mass is 10.2. The number of halogens is 2. The lowest BCUT2D eigenvalue weighted by Crippen LogP contribution is -1.90. The first-order valence-electron chi connectivity index (χ1n) is 4.23. The highest BCUT2D eigenvalue weighted by molar-refractivity contribution is 9.09. The Balaban J connectivity index is 4.34. The van der Waals surface area contributed by atoms with Gasteiger partial charge in [0.2, 0.25) is 0 Å². The van der Waals surface area contributed by atoms with Gasteiger partial charge in [0, 0.05) is 11.0 Å². The second-order valence-electron chi connectivity index (χ2n) is 2.84. The second-order valence-corrected chi connectivity index (χ2v) is 3.78. The monoisotopic (exact) mass is 263 g/mol. The molecule has 0 aromatic carbocycles. The molecule has 0 radical (unpaired) electrons. The van der Waals surface area contributed by atoms with Gasteiger partial charge >= 0.3 is 0 Å². The van der Waals surface area contributed by atoms with Gasteiger partial charge in [-0.2, -0.15) is 0 Å². The molecule has 0 aliphatic carbocycles. The Morgan fingerprint density at radius 1 is 1.38 bits per heavy atom. The first-order valence-corrected chi connectivity index (χ1v) is 5.73. The van der Waals surface area contributed by atoms with E-state index in [0.717, 1.165) is 17.5 Å². The minimum Gasteiger partial charge on any atom is -0.245 e. The maximum atomic E-state index is 5.86. The van der Waals surface area contributed by atoms with Crippen LogP contribution in [-0.4, -0.2) is 11.0 Å². The van der Waals surface area contributed by atoms with Crippen LogP contribution in [-0.2, 0) is 0 Å². The summed E-state index contributed by atoms with van der Waals surface area (Å²) in [5.41, 5.74) is 2.27. The Morgan fingerprint density at radius 3 is 2.46 bits per heavy atom. The van der Waals surface area contributed by atoms with Crippen LogP contribution in [0.25, 0.3) is 0 Å². The standard InChI is InChI=1S/C10H15BrClN/c1-4-8(2)5-6-10(12)13-9(3)7-11/h5-6H,4,7H2,1-3H3/b8-5+,10-6-,13-9?. The first-order chi connectivity index (χ1) is 6.10. The molecule has 0 N–H and O–H groups in total. The molecule has 0 unspecified atom stereocenters. The number of allylic oxidation sites excluding steroid dienone is 3. The lowest BCUT2D eigenvalue weighted by molar-refractivity contribution is 1.10. The molecule has 0 atom stereocenters. The van der Waals surface area contributed by atoms with Gasteiger partial charge in [-0.15, -0.1) is 0 Å². The fraction of sp³-hybridized carbons (Fsp3) is 0.500. The van der Waals surface area contributed by atoms with Gasteiger partial charge in [-0.05, 0) is 26.3 Å². The summed E-state index contributed by atoms with van der Waals surface area (Å²) < 4.78 is 0. The summed E-state index contributed by atoms with van der Waals surface area (Å²) in [5, 5.41) is 1.29. The highest BCUT2D eigenvalue weighted by Crippen LogP contribution is 2.07. The van der Waals surface area contributed by atoms with Crippen LogP contribution in [0.5, 0.6) is 0 Å². The van der Waals surface area contributed by atoms with Crippen molar-refractivity contribution in [1.82, 2.24) is 0 Å². The highest BCUT2D eigenvalue weighted by Gasteiger charge is 1.89. The summed E-state index contributed by atoms with van der Waals surface area (Å²) in [6.07, 6.45) is 4.86. The SMILES string of the molecule is CC/C(C)=C/C=C(/Cl)N=C(C)CBr. The zero-order valence-corrected chi connectivity index (χ0v) is 10.6. The minimum atomic E-state index is 0.532. The summed E-state index contributed by atoms with van der Waals surface area (Å²) in [5.74, 6) is 0. The van der Waals surface area contributed by atoms with E-state index in [-0.39, 0.29) is 0 Å². The molecule has 0 saturated heterocycles. The summed E-state index contributed by atoms with van der Waals surface area (Å²) >= 11 is 9.17. The molecule has 0 aromatic rings. The number of rotatable bonds is 4. The predicted octanol–water partition coefficient (Wildman–Crippen LogP) is 4.28. The highest BCUT2D eigenvalue weighted by atomic mass is 79.9. The van der Waals surface area contributed by atoms with Crippen molar-refractivity contribution < 1.29 is 0 Å². The normalized spacial score (nSPS) is 15.0. The molecular weight excluding hydrogens is 249 g/mol. The van der Waals surface area contributed by atoms with Crippen LogP contribution >= 0.6 is 27.5 Å². The topological polar surface area (TPSA) is 12.4 Å². The summed E-state index contributed by atoms with van der Waals surface area (Å²) in [4.78, 5) is 4.15. The molecule has 0 amide bonds. The summed E-state index contributed by atoms with van der Waals surface area (Å²) in [6.45, 7) is 6.11. The molecule has 0 aliphatic heterocycles. The quantitative estimate of drug-likeness (QED) is 0.311. The van der Waals surface area contributed by atoms with Crippen LogP contribution in [0.3, 0.4) is 0 Å². The largest absolute Gasteiger partial charge is 0.245 e. The van der Waals surface area contributed by atoms with Crippen molar-refractivity contribution in [2.24, 2.45) is 4.99 Å². The smallest absolute Gasteiger partial charge is 0.128 e. The van der Waals surface area contributed by atoms with E-state index in [0.29, 0.717) is 5.16 Å². The molecule has 13 heavy (non-hydrogen) atoms. The fourth-order valence-electron chi connectivity index (χ4n) is 0.578. The number of alkyl halides is 1. The van der Waals surface area contributed by atoms with E-state index in [4.69, 9.17) is 11.6 Å². The van der Waals surface area contributed by atoms with E-state index < -0.39 is 0 Å². The first kappa shape index (κ1) is 12.9. The van der Waals surface area contributed by atoms with E-state index in [2.05, 4.69) is 34.8 Å². The van der Waals surface area contributed by atoms with Crippen molar-refractivity contribution >= 4 is 33.2 Å². The second kappa shape index (κ2) is 7.34. The summed E-state index contributed by atoms with van der Waals surface area (Å²) in [6, 6.07) is 0. The van der Waals surface area contributed by atoms with Gasteiger partial charge in [-0.25, -0.2) is 4.99 Å². The zero-order valence-electron chi connectivity index (χ0n) is 8.27. The van der Waals surface area contributed by atoms with Gasteiger partial charge in [0.25, 0.3) is 0 Å². The Hall–Kier alpha value is -0.0800. The van der Waals surface area contributed by atoms with Crippen LogP contribution in [0.2, 0.25) is 0 Å². The minimum absolute atomic E-state index is 0.532. The molecule has 0 bridgehead atoms. The fourth-order valence-corrected chi connectivity index (χ4v) is 0.911. The van der Waals surface area contributed by atoms with Gasteiger partial charge < -0.3 is 0 Å². The van der Waals surface area contributed by atoms with Gasteiger partial charge in [0.15, 0.2) is 0 Å². The predicted molar refractivity (Wildman–Crippen MR) is 64.9 cm³/mol. The van der Waals surface area contributed by atoms with E-state index in [1.165, 1.54) is 5.57 Å². The van der Waals surface area contributed by atoms with Crippen LogP contribution < -0.4 is 0 Å². The van der Waals surface area contributed by atoms with E-state index in [1.807, 2.05) is 19.1 Å². The van der Waals surface area contributed by atoms with Crippen molar-refractivity contribution in [2.45, 2.75) is 27.2 Å². The van der Waals surface area contributed by atoms with E-state index in [9.17, 15) is 0 Å². The van der Waals surface area contributed by atoms with Gasteiger partial charge in [-0.1, -0.05) is 46.1 Å². The molecule has 74 valence electrons. The van der Waals surface area contributed by atoms with Crippen molar-refractivity contribution in [3.05, 3.63) is 22.9 Å². The molecule has 3 heteroatoms. The maximum absolute atomic E-state index is 5.86. The molecule has 0 saturated carbocycles. The lowest BCUT2D eigenvalue weighted by Gasteiger charge is -1.93. The third-order valence-electron chi connectivity index (χ3n) is 1.55.